The zero-order valence-corrected chi connectivity index (χ0v) is 14.4. The van der Waals surface area contributed by atoms with Crippen LogP contribution in [0.1, 0.15) is 36.0 Å². The maximum Gasteiger partial charge on any atom is 0.412 e. The van der Waals surface area contributed by atoms with E-state index < -0.39 is 11.6 Å². The summed E-state index contributed by atoms with van der Waals surface area (Å²) in [5.74, 6) is -0.306. The number of benzene rings is 1. The number of anilines is 2. The number of para-hydroxylation sites is 1. The van der Waals surface area contributed by atoms with Crippen LogP contribution in [-0.2, 0) is 0 Å². The van der Waals surface area contributed by atoms with Gasteiger partial charge < -0.3 is 10.4 Å². The second-order valence-electron chi connectivity index (χ2n) is 6.19. The van der Waals surface area contributed by atoms with E-state index in [0.29, 0.717) is 10.6 Å². The van der Waals surface area contributed by atoms with Gasteiger partial charge in [-0.1, -0.05) is 18.2 Å². The summed E-state index contributed by atoms with van der Waals surface area (Å²) in [6.07, 6.45) is -1.08. The lowest BCUT2D eigenvalue weighted by molar-refractivity contribution is 0.103. The first-order valence-corrected chi connectivity index (χ1v) is 8.07. The Bertz CT molecular complexity index is 731. The summed E-state index contributed by atoms with van der Waals surface area (Å²) in [6, 6.07) is 9.13. The molecule has 6 heteroatoms. The van der Waals surface area contributed by atoms with Gasteiger partial charge in [0.25, 0.3) is 5.91 Å². The van der Waals surface area contributed by atoms with Gasteiger partial charge in [0.15, 0.2) is 0 Å². The first-order chi connectivity index (χ1) is 10.7. The third-order valence-electron chi connectivity index (χ3n) is 3.35. The lowest BCUT2D eigenvalue weighted by Gasteiger charge is -2.33. The molecule has 0 aliphatic heterocycles. The summed E-state index contributed by atoms with van der Waals surface area (Å²) >= 11 is 1.23. The largest absolute Gasteiger partial charge is 0.465 e. The van der Waals surface area contributed by atoms with Crippen molar-refractivity contribution in [2.24, 2.45) is 0 Å². The van der Waals surface area contributed by atoms with E-state index in [9.17, 15) is 14.7 Å². The molecular formula is C17H20N2O3S. The Labute approximate surface area is 139 Å². The van der Waals surface area contributed by atoms with Crippen LogP contribution >= 0.6 is 11.3 Å². The Hall–Kier alpha value is -2.34. The van der Waals surface area contributed by atoms with E-state index in [0.717, 1.165) is 11.3 Å². The highest BCUT2D eigenvalue weighted by Crippen LogP contribution is 2.32. The molecule has 23 heavy (non-hydrogen) atoms. The number of aryl methyl sites for hydroxylation is 1. The number of carbonyl (C=O) groups excluding carboxylic acids is 1. The minimum absolute atomic E-state index is 0.306. The molecule has 1 aromatic carbocycles. The summed E-state index contributed by atoms with van der Waals surface area (Å²) in [5.41, 5.74) is 1.42. The number of thiophene rings is 1. The quantitative estimate of drug-likeness (QED) is 0.863. The summed E-state index contributed by atoms with van der Waals surface area (Å²) in [4.78, 5) is 25.8. The predicted octanol–water partition coefficient (Wildman–Crippen LogP) is 4.59. The normalized spacial score (nSPS) is 11.1. The number of rotatable bonds is 3. The molecule has 2 N–H and O–H groups in total. The van der Waals surface area contributed by atoms with Crippen molar-refractivity contribution < 1.29 is 14.7 Å². The molecule has 0 saturated carbocycles. The van der Waals surface area contributed by atoms with Gasteiger partial charge in [-0.2, -0.15) is 0 Å². The molecule has 0 fully saturated rings. The lowest BCUT2D eigenvalue weighted by atomic mass is 10.1. The summed E-state index contributed by atoms with van der Waals surface area (Å²) in [7, 11) is 0. The number of nitrogens with one attached hydrogen (secondary N) is 1. The van der Waals surface area contributed by atoms with Gasteiger partial charge >= 0.3 is 6.09 Å². The standard InChI is InChI=1S/C17H20N2O3S/c1-11-7-5-6-8-12(11)18-15(20)14-13(9-10-23-14)19(16(21)22)17(2,3)4/h5-10H,1-4H3,(H,18,20)(H,21,22). The monoisotopic (exact) mass is 332 g/mol. The van der Waals surface area contributed by atoms with Crippen LogP contribution in [0.4, 0.5) is 16.2 Å². The van der Waals surface area contributed by atoms with Crippen molar-refractivity contribution >= 4 is 34.7 Å². The predicted molar refractivity (Wildman–Crippen MR) is 93.7 cm³/mol. The number of carboxylic acid groups (broad SMARTS) is 1. The van der Waals surface area contributed by atoms with Crippen LogP contribution in [0.25, 0.3) is 0 Å². The molecule has 0 unspecified atom stereocenters. The molecule has 2 rings (SSSR count). The van der Waals surface area contributed by atoms with Crippen molar-refractivity contribution in [3.8, 4) is 0 Å². The summed E-state index contributed by atoms with van der Waals surface area (Å²) in [6.45, 7) is 7.29. The smallest absolute Gasteiger partial charge is 0.412 e. The van der Waals surface area contributed by atoms with Crippen molar-refractivity contribution in [1.29, 1.82) is 0 Å². The van der Waals surface area contributed by atoms with Crippen molar-refractivity contribution in [3.63, 3.8) is 0 Å². The molecule has 0 aliphatic carbocycles. The zero-order chi connectivity index (χ0) is 17.2. The van der Waals surface area contributed by atoms with Gasteiger partial charge in [-0.05, 0) is 50.8 Å². The van der Waals surface area contributed by atoms with Crippen molar-refractivity contribution in [3.05, 3.63) is 46.2 Å². The third-order valence-corrected chi connectivity index (χ3v) is 4.25. The van der Waals surface area contributed by atoms with Crippen LogP contribution in [0.2, 0.25) is 0 Å². The number of hydrogen-bond donors (Lipinski definition) is 2. The van der Waals surface area contributed by atoms with Gasteiger partial charge in [0.2, 0.25) is 0 Å². The van der Waals surface area contributed by atoms with E-state index >= 15 is 0 Å². The van der Waals surface area contributed by atoms with Crippen LogP contribution in [-0.4, -0.2) is 22.6 Å². The molecule has 122 valence electrons. The summed E-state index contributed by atoms with van der Waals surface area (Å²) < 4.78 is 0. The molecule has 5 nitrogen and oxygen atoms in total. The molecular weight excluding hydrogens is 312 g/mol. The molecule has 2 amide bonds. The highest BCUT2D eigenvalue weighted by atomic mass is 32.1. The second kappa shape index (κ2) is 6.42. The topological polar surface area (TPSA) is 69.6 Å². The zero-order valence-electron chi connectivity index (χ0n) is 13.6. The van der Waals surface area contributed by atoms with E-state index in [1.54, 1.807) is 32.2 Å². The number of hydrogen-bond acceptors (Lipinski definition) is 3. The minimum atomic E-state index is -1.08. The van der Waals surface area contributed by atoms with Gasteiger partial charge in [-0.3, -0.25) is 9.69 Å². The van der Waals surface area contributed by atoms with Gasteiger partial charge in [0, 0.05) is 11.2 Å². The van der Waals surface area contributed by atoms with Crippen LogP contribution in [0.3, 0.4) is 0 Å². The van der Waals surface area contributed by atoms with Crippen molar-refractivity contribution in [1.82, 2.24) is 0 Å². The molecule has 2 aromatic rings. The van der Waals surface area contributed by atoms with Crippen LogP contribution in [0.5, 0.6) is 0 Å². The molecule has 0 spiro atoms. The fourth-order valence-electron chi connectivity index (χ4n) is 2.29. The second-order valence-corrected chi connectivity index (χ2v) is 7.11. The SMILES string of the molecule is Cc1ccccc1NC(=O)c1sccc1N(C(=O)O)C(C)(C)C. The Morgan fingerprint density at radius 2 is 1.83 bits per heavy atom. The Kier molecular flexibility index (Phi) is 4.75. The molecule has 0 bridgehead atoms. The summed E-state index contributed by atoms with van der Waals surface area (Å²) in [5, 5.41) is 14.1. The average Bonchev–Trinajstić information content (AvgIpc) is 2.88. The highest BCUT2D eigenvalue weighted by Gasteiger charge is 2.31. The minimum Gasteiger partial charge on any atom is -0.465 e. The maximum atomic E-state index is 12.6. The fourth-order valence-corrected chi connectivity index (χ4v) is 3.06. The molecule has 1 heterocycles. The molecule has 0 aliphatic rings. The van der Waals surface area contributed by atoms with Crippen molar-refractivity contribution in [2.75, 3.05) is 10.2 Å². The van der Waals surface area contributed by atoms with Crippen molar-refractivity contribution in [2.45, 2.75) is 33.2 Å². The lowest BCUT2D eigenvalue weighted by Crippen LogP contribution is -2.45. The number of carbonyl (C=O) groups is 2. The average molecular weight is 332 g/mol. The Morgan fingerprint density at radius 3 is 2.39 bits per heavy atom. The van der Waals surface area contributed by atoms with Gasteiger partial charge in [-0.25, -0.2) is 4.79 Å². The first kappa shape index (κ1) is 17.0. The van der Waals surface area contributed by atoms with E-state index in [-0.39, 0.29) is 5.91 Å². The fraction of sp³-hybridized carbons (Fsp3) is 0.294. The molecule has 0 radical (unpaired) electrons. The Morgan fingerprint density at radius 1 is 1.17 bits per heavy atom. The van der Waals surface area contributed by atoms with E-state index in [2.05, 4.69) is 5.32 Å². The van der Waals surface area contributed by atoms with Gasteiger partial charge in [0.1, 0.15) is 4.88 Å². The third kappa shape index (κ3) is 3.71. The maximum absolute atomic E-state index is 12.6. The van der Waals surface area contributed by atoms with Crippen LogP contribution in [0.15, 0.2) is 35.7 Å². The van der Waals surface area contributed by atoms with E-state index in [4.69, 9.17) is 0 Å². The molecule has 0 saturated heterocycles. The van der Waals surface area contributed by atoms with E-state index in [1.807, 2.05) is 31.2 Å². The van der Waals surface area contributed by atoms with Gasteiger partial charge in [0.05, 0.1) is 5.69 Å². The van der Waals surface area contributed by atoms with Crippen LogP contribution < -0.4 is 10.2 Å². The Balaban J connectivity index is 2.35. The first-order valence-electron chi connectivity index (χ1n) is 7.19. The highest BCUT2D eigenvalue weighted by molar-refractivity contribution is 7.12. The number of amides is 2. The van der Waals surface area contributed by atoms with E-state index in [1.165, 1.54) is 16.2 Å². The van der Waals surface area contributed by atoms with Crippen LogP contribution in [0, 0.1) is 6.92 Å². The number of nitrogens with zero attached hydrogens (tertiary/aromatic N) is 1. The molecule has 1 aromatic heterocycles. The van der Waals surface area contributed by atoms with Gasteiger partial charge in [-0.15, -0.1) is 11.3 Å². The molecule has 0 atom stereocenters.